The lowest BCUT2D eigenvalue weighted by Gasteiger charge is -2.41. The van der Waals surface area contributed by atoms with Crippen molar-refractivity contribution in [2.24, 2.45) is 5.41 Å². The van der Waals surface area contributed by atoms with Gasteiger partial charge < -0.3 is 9.72 Å². The summed E-state index contributed by atoms with van der Waals surface area (Å²) in [4.78, 5) is 21.2. The number of morpholine rings is 1. The Hall–Kier alpha value is -1.20. The highest BCUT2D eigenvalue weighted by Gasteiger charge is 2.33. The second kappa shape index (κ2) is 5.66. The van der Waals surface area contributed by atoms with Crippen LogP contribution in [0.3, 0.4) is 0 Å². The molecule has 1 aromatic heterocycles. The van der Waals surface area contributed by atoms with Crippen LogP contribution in [-0.4, -0.2) is 40.7 Å². The number of hydrogen-bond donors (Lipinski definition) is 1. The summed E-state index contributed by atoms with van der Waals surface area (Å²) < 4.78 is 5.87. The average molecular weight is 279 g/mol. The summed E-state index contributed by atoms with van der Waals surface area (Å²) in [7, 11) is 0. The monoisotopic (exact) mass is 279 g/mol. The molecule has 0 amide bonds. The summed E-state index contributed by atoms with van der Waals surface area (Å²) >= 11 is 0. The van der Waals surface area contributed by atoms with Gasteiger partial charge in [0.25, 0.3) is 5.56 Å². The van der Waals surface area contributed by atoms with Gasteiger partial charge in [-0.15, -0.1) is 0 Å². The summed E-state index contributed by atoms with van der Waals surface area (Å²) in [5, 5.41) is 0. The van der Waals surface area contributed by atoms with Crippen molar-refractivity contribution in [3.05, 3.63) is 27.9 Å². The van der Waals surface area contributed by atoms with Gasteiger partial charge in [-0.25, -0.2) is 4.98 Å². The van der Waals surface area contributed by atoms with Crippen molar-refractivity contribution in [2.75, 3.05) is 19.7 Å². The van der Waals surface area contributed by atoms with E-state index >= 15 is 0 Å². The Morgan fingerprint density at radius 3 is 2.80 bits per heavy atom. The van der Waals surface area contributed by atoms with Crippen LogP contribution >= 0.6 is 0 Å². The maximum absolute atomic E-state index is 11.6. The van der Waals surface area contributed by atoms with Gasteiger partial charge in [-0.1, -0.05) is 20.8 Å². The number of aryl methyl sites for hydroxylation is 1. The molecule has 5 nitrogen and oxygen atoms in total. The van der Waals surface area contributed by atoms with E-state index in [4.69, 9.17) is 4.74 Å². The fraction of sp³-hybridized carbons (Fsp3) is 0.733. The van der Waals surface area contributed by atoms with Gasteiger partial charge in [-0.2, -0.15) is 0 Å². The summed E-state index contributed by atoms with van der Waals surface area (Å²) in [5.74, 6) is 0.740. The van der Waals surface area contributed by atoms with Crippen LogP contribution in [-0.2, 0) is 4.74 Å². The molecule has 1 aliphatic rings. The molecule has 0 spiro atoms. The molecule has 2 rings (SSSR count). The van der Waals surface area contributed by atoms with E-state index in [1.165, 1.54) is 6.07 Å². The minimum Gasteiger partial charge on any atom is -0.375 e. The standard InChI is InChI=1S/C15H25N3O2/c1-10-8-13(19)17-14(16-10)11(2)18-6-7-20-12(9-18)15(3,4)5/h8,11-12H,6-7,9H2,1-5H3,(H,16,17,19). The quantitative estimate of drug-likeness (QED) is 0.898. The van der Waals surface area contributed by atoms with Gasteiger partial charge in [0, 0.05) is 24.8 Å². The maximum Gasteiger partial charge on any atom is 0.251 e. The first kappa shape index (κ1) is 15.2. The lowest BCUT2D eigenvalue weighted by molar-refractivity contribution is -0.0895. The van der Waals surface area contributed by atoms with Crippen molar-refractivity contribution in [1.29, 1.82) is 0 Å². The zero-order chi connectivity index (χ0) is 14.9. The number of hydrogen-bond acceptors (Lipinski definition) is 4. The molecular formula is C15H25N3O2. The van der Waals surface area contributed by atoms with Gasteiger partial charge in [0.1, 0.15) is 5.82 Å². The molecule has 20 heavy (non-hydrogen) atoms. The molecule has 0 saturated carbocycles. The normalized spacial score (nSPS) is 22.8. The first-order valence-corrected chi connectivity index (χ1v) is 7.21. The van der Waals surface area contributed by atoms with Gasteiger partial charge in [0.2, 0.25) is 0 Å². The van der Waals surface area contributed by atoms with E-state index in [9.17, 15) is 4.79 Å². The van der Waals surface area contributed by atoms with Crippen LogP contribution in [0.2, 0.25) is 0 Å². The minimum absolute atomic E-state index is 0.0834. The van der Waals surface area contributed by atoms with Gasteiger partial charge >= 0.3 is 0 Å². The number of H-pyrrole nitrogens is 1. The third-order valence-electron chi connectivity index (χ3n) is 3.90. The lowest BCUT2D eigenvalue weighted by Crippen LogP contribution is -2.49. The summed E-state index contributed by atoms with van der Waals surface area (Å²) in [6, 6.07) is 1.62. The van der Waals surface area contributed by atoms with Crippen LogP contribution in [0.25, 0.3) is 0 Å². The Morgan fingerprint density at radius 1 is 1.50 bits per heavy atom. The summed E-state index contributed by atoms with van der Waals surface area (Å²) in [5.41, 5.74) is 0.794. The molecule has 2 heterocycles. The van der Waals surface area contributed by atoms with Crippen molar-refractivity contribution in [1.82, 2.24) is 14.9 Å². The van der Waals surface area contributed by atoms with Crippen LogP contribution in [0.15, 0.2) is 10.9 Å². The van der Waals surface area contributed by atoms with E-state index in [1.807, 2.05) is 6.92 Å². The van der Waals surface area contributed by atoms with Crippen LogP contribution in [0.4, 0.5) is 0 Å². The van der Waals surface area contributed by atoms with Crippen molar-refractivity contribution in [3.8, 4) is 0 Å². The Bertz CT molecular complexity index is 519. The minimum atomic E-state index is -0.0834. The highest BCUT2D eigenvalue weighted by molar-refractivity contribution is 5.04. The molecule has 1 aromatic rings. The second-order valence-corrected chi connectivity index (χ2v) is 6.67. The van der Waals surface area contributed by atoms with E-state index in [1.54, 1.807) is 0 Å². The van der Waals surface area contributed by atoms with Gasteiger partial charge in [0.15, 0.2) is 0 Å². The maximum atomic E-state index is 11.6. The molecule has 1 saturated heterocycles. The van der Waals surface area contributed by atoms with Crippen LogP contribution in [0.5, 0.6) is 0 Å². The molecule has 112 valence electrons. The zero-order valence-electron chi connectivity index (χ0n) is 13.1. The smallest absolute Gasteiger partial charge is 0.251 e. The lowest BCUT2D eigenvalue weighted by atomic mass is 9.88. The predicted molar refractivity (Wildman–Crippen MR) is 78.8 cm³/mol. The molecule has 5 heteroatoms. The molecule has 1 N–H and O–H groups in total. The van der Waals surface area contributed by atoms with Crippen molar-refractivity contribution in [2.45, 2.75) is 46.8 Å². The Morgan fingerprint density at radius 2 is 2.20 bits per heavy atom. The third kappa shape index (κ3) is 3.46. The second-order valence-electron chi connectivity index (χ2n) is 6.67. The first-order valence-electron chi connectivity index (χ1n) is 7.21. The van der Waals surface area contributed by atoms with Crippen molar-refractivity contribution < 1.29 is 4.74 Å². The number of rotatable bonds is 2. The van der Waals surface area contributed by atoms with E-state index in [0.29, 0.717) is 0 Å². The molecule has 1 fully saturated rings. The van der Waals surface area contributed by atoms with Crippen LogP contribution < -0.4 is 5.56 Å². The van der Waals surface area contributed by atoms with Crippen molar-refractivity contribution in [3.63, 3.8) is 0 Å². The fourth-order valence-corrected chi connectivity index (χ4v) is 2.52. The Balaban J connectivity index is 2.16. The van der Waals surface area contributed by atoms with Crippen LogP contribution in [0.1, 0.15) is 45.3 Å². The van der Waals surface area contributed by atoms with E-state index in [-0.39, 0.29) is 23.1 Å². The van der Waals surface area contributed by atoms with Crippen LogP contribution in [0, 0.1) is 12.3 Å². The SMILES string of the molecule is Cc1cc(=O)[nH]c(C(C)N2CCOC(C(C)(C)C)C2)n1. The van der Waals surface area contributed by atoms with E-state index < -0.39 is 0 Å². The summed E-state index contributed by atoms with van der Waals surface area (Å²) in [6.07, 6.45) is 0.204. The molecule has 0 bridgehead atoms. The molecular weight excluding hydrogens is 254 g/mol. The largest absolute Gasteiger partial charge is 0.375 e. The molecule has 0 aliphatic carbocycles. The Kier molecular flexibility index (Phi) is 4.30. The van der Waals surface area contributed by atoms with Crippen molar-refractivity contribution >= 4 is 0 Å². The topological polar surface area (TPSA) is 58.2 Å². The van der Waals surface area contributed by atoms with Gasteiger partial charge in [0.05, 0.1) is 18.8 Å². The summed E-state index contributed by atoms with van der Waals surface area (Å²) in [6.45, 7) is 13.0. The molecule has 2 unspecified atom stereocenters. The van der Waals surface area contributed by atoms with Gasteiger partial charge in [-0.05, 0) is 19.3 Å². The zero-order valence-corrected chi connectivity index (χ0v) is 13.1. The number of nitrogens with one attached hydrogen (secondary N) is 1. The molecule has 1 aliphatic heterocycles. The Labute approximate surface area is 120 Å². The highest BCUT2D eigenvalue weighted by Crippen LogP contribution is 2.28. The molecule has 0 aromatic carbocycles. The average Bonchev–Trinajstić information content (AvgIpc) is 2.36. The number of ether oxygens (including phenoxy) is 1. The number of nitrogens with zero attached hydrogens (tertiary/aromatic N) is 2. The number of aromatic nitrogens is 2. The molecule has 0 radical (unpaired) electrons. The fourth-order valence-electron chi connectivity index (χ4n) is 2.52. The predicted octanol–water partition coefficient (Wildman–Crippen LogP) is 1.89. The third-order valence-corrected chi connectivity index (χ3v) is 3.90. The van der Waals surface area contributed by atoms with Gasteiger partial charge in [-0.3, -0.25) is 9.69 Å². The van der Waals surface area contributed by atoms with E-state index in [2.05, 4.69) is 42.6 Å². The highest BCUT2D eigenvalue weighted by atomic mass is 16.5. The molecule has 2 atom stereocenters. The number of aromatic amines is 1. The first-order chi connectivity index (χ1) is 9.27. The van der Waals surface area contributed by atoms with E-state index in [0.717, 1.165) is 31.2 Å².